The topological polar surface area (TPSA) is 104 Å². The average molecular weight is 481 g/mol. The van der Waals surface area contributed by atoms with Gasteiger partial charge in [-0.15, -0.1) is 11.6 Å². The largest absolute Gasteiger partial charge is 0.394 e. The van der Waals surface area contributed by atoms with Gasteiger partial charge in [0.15, 0.2) is 5.16 Å². The van der Waals surface area contributed by atoms with Crippen LogP contribution in [0.3, 0.4) is 0 Å². The van der Waals surface area contributed by atoms with Gasteiger partial charge in [-0.2, -0.15) is 0 Å². The first-order chi connectivity index (χ1) is 14.8. The Labute approximate surface area is 192 Å². The second-order valence-electron chi connectivity index (χ2n) is 7.18. The molecule has 1 heterocycles. The van der Waals surface area contributed by atoms with Crippen LogP contribution in [0, 0.1) is 0 Å². The van der Waals surface area contributed by atoms with E-state index in [2.05, 4.69) is 20.0 Å². The second kappa shape index (κ2) is 10.5. The van der Waals surface area contributed by atoms with Gasteiger partial charge in [0.25, 0.3) is 10.0 Å². The van der Waals surface area contributed by atoms with Crippen molar-refractivity contribution in [3.63, 3.8) is 0 Å². The summed E-state index contributed by atoms with van der Waals surface area (Å²) in [5.74, 6) is 1.20. The summed E-state index contributed by atoms with van der Waals surface area (Å²) in [7, 11) is -3.87. The highest BCUT2D eigenvalue weighted by Crippen LogP contribution is 2.29. The average Bonchev–Trinajstić information content (AvgIpc) is 2.74. The van der Waals surface area contributed by atoms with E-state index in [9.17, 15) is 13.5 Å². The molecule has 1 aliphatic carbocycles. The minimum absolute atomic E-state index is 0.0917. The predicted molar refractivity (Wildman–Crippen MR) is 127 cm³/mol. The molecule has 1 aromatic heterocycles. The molecular formula is C21H25ClN4O3S2. The molecule has 0 spiro atoms. The Balaban J connectivity index is 1.88. The normalized spacial score (nSPS) is 17.5. The van der Waals surface area contributed by atoms with Crippen molar-refractivity contribution in [1.82, 2.24) is 9.97 Å². The number of thioether (sulfide) groups is 1. The second-order valence-corrected chi connectivity index (χ2v) is 10.3. The number of anilines is 2. The summed E-state index contributed by atoms with van der Waals surface area (Å²) in [4.78, 5) is 8.99. The SMILES string of the molecule is CC1=C(S(=O)(=O)Nc2cc(N[C@H](C)CO)nc(SCc3ccccc3)n2)C=CCC1Cl. The monoisotopic (exact) mass is 480 g/mol. The standard InChI is InChI=1S/C21H25ClN4O3S2/c1-14(12-27)23-19-11-20(25-21(24-19)30-13-16-7-4-3-5-8-16)26-31(28,29)18-10-6-9-17(22)15(18)2/h3-8,10-11,14,17,27H,9,12-13H2,1-2H3,(H2,23,24,25,26)/t14-,17?/m1/s1. The fourth-order valence-electron chi connectivity index (χ4n) is 2.89. The van der Waals surface area contributed by atoms with Crippen LogP contribution in [-0.4, -0.2) is 41.5 Å². The molecule has 10 heteroatoms. The highest BCUT2D eigenvalue weighted by atomic mass is 35.5. The van der Waals surface area contributed by atoms with E-state index < -0.39 is 10.0 Å². The number of allylic oxidation sites excluding steroid dienone is 3. The third kappa shape index (κ3) is 6.46. The molecule has 0 aliphatic heterocycles. The Morgan fingerprint density at radius 3 is 2.68 bits per heavy atom. The number of sulfonamides is 1. The molecule has 2 aromatic rings. The van der Waals surface area contributed by atoms with Gasteiger partial charge in [0.1, 0.15) is 11.6 Å². The van der Waals surface area contributed by atoms with Gasteiger partial charge in [-0.05, 0) is 37.5 Å². The van der Waals surface area contributed by atoms with Crippen molar-refractivity contribution in [1.29, 1.82) is 0 Å². The summed E-state index contributed by atoms with van der Waals surface area (Å²) in [6.45, 7) is 3.42. The van der Waals surface area contributed by atoms with Gasteiger partial charge in [0, 0.05) is 17.9 Å². The maximum atomic E-state index is 13.0. The summed E-state index contributed by atoms with van der Waals surface area (Å²) in [5.41, 5.74) is 1.69. The first-order valence-corrected chi connectivity index (χ1v) is 12.7. The first-order valence-electron chi connectivity index (χ1n) is 9.76. The van der Waals surface area contributed by atoms with Crippen LogP contribution in [0.25, 0.3) is 0 Å². The molecule has 0 radical (unpaired) electrons. The van der Waals surface area contributed by atoms with E-state index in [1.807, 2.05) is 30.3 Å². The number of nitrogens with one attached hydrogen (secondary N) is 2. The van der Waals surface area contributed by atoms with Crippen molar-refractivity contribution < 1.29 is 13.5 Å². The Kier molecular flexibility index (Phi) is 7.99. The first kappa shape index (κ1) is 23.6. The van der Waals surface area contributed by atoms with Crippen molar-refractivity contribution in [2.45, 2.75) is 42.6 Å². The molecule has 0 amide bonds. The summed E-state index contributed by atoms with van der Waals surface area (Å²) in [6.07, 6.45) is 3.90. The number of halogens is 1. The molecule has 0 saturated heterocycles. The number of benzene rings is 1. The van der Waals surface area contributed by atoms with E-state index in [1.54, 1.807) is 26.0 Å². The number of hydrogen-bond acceptors (Lipinski definition) is 7. The van der Waals surface area contributed by atoms with Crippen molar-refractivity contribution in [3.05, 3.63) is 64.6 Å². The van der Waals surface area contributed by atoms with Gasteiger partial charge < -0.3 is 10.4 Å². The van der Waals surface area contributed by atoms with Crippen molar-refractivity contribution >= 4 is 45.0 Å². The van der Waals surface area contributed by atoms with Gasteiger partial charge in [-0.3, -0.25) is 4.72 Å². The molecule has 2 atom stereocenters. The number of aliphatic hydroxyl groups excluding tert-OH is 1. The molecular weight excluding hydrogens is 456 g/mol. The van der Waals surface area contributed by atoms with Gasteiger partial charge in [0.05, 0.1) is 16.9 Å². The Morgan fingerprint density at radius 1 is 1.26 bits per heavy atom. The minimum Gasteiger partial charge on any atom is -0.394 e. The number of aromatic nitrogens is 2. The van der Waals surface area contributed by atoms with Crippen LogP contribution in [0.5, 0.6) is 0 Å². The minimum atomic E-state index is -3.87. The van der Waals surface area contributed by atoms with E-state index in [4.69, 9.17) is 11.6 Å². The fraction of sp³-hybridized carbons (Fsp3) is 0.333. The molecule has 3 N–H and O–H groups in total. The van der Waals surface area contributed by atoms with Crippen LogP contribution < -0.4 is 10.0 Å². The summed E-state index contributed by atoms with van der Waals surface area (Å²) in [6, 6.07) is 11.1. The van der Waals surface area contributed by atoms with Gasteiger partial charge in [-0.1, -0.05) is 48.2 Å². The molecule has 0 fully saturated rings. The van der Waals surface area contributed by atoms with Gasteiger partial charge in [-0.25, -0.2) is 18.4 Å². The molecule has 1 aromatic carbocycles. The Bertz CT molecular complexity index is 1080. The maximum Gasteiger partial charge on any atom is 0.263 e. The quantitative estimate of drug-likeness (QED) is 0.281. The highest BCUT2D eigenvalue weighted by molar-refractivity contribution is 7.98. The molecule has 0 saturated carbocycles. The van der Waals surface area contributed by atoms with E-state index >= 15 is 0 Å². The lowest BCUT2D eigenvalue weighted by Gasteiger charge is -2.19. The molecule has 31 heavy (non-hydrogen) atoms. The van der Waals surface area contributed by atoms with Crippen molar-refractivity contribution in [3.8, 4) is 0 Å². The van der Waals surface area contributed by atoms with Gasteiger partial charge >= 0.3 is 0 Å². The van der Waals surface area contributed by atoms with E-state index in [0.717, 1.165) is 5.56 Å². The molecule has 1 unspecified atom stereocenters. The third-order valence-electron chi connectivity index (χ3n) is 4.58. The van der Waals surface area contributed by atoms with E-state index in [1.165, 1.54) is 17.8 Å². The lowest BCUT2D eigenvalue weighted by molar-refractivity contribution is 0.281. The zero-order chi connectivity index (χ0) is 22.4. The smallest absolute Gasteiger partial charge is 0.263 e. The Hall–Kier alpha value is -2.07. The predicted octanol–water partition coefficient (Wildman–Crippen LogP) is 4.14. The van der Waals surface area contributed by atoms with Crippen LogP contribution in [-0.2, 0) is 15.8 Å². The summed E-state index contributed by atoms with van der Waals surface area (Å²) < 4.78 is 28.5. The third-order valence-corrected chi connectivity index (χ3v) is 7.52. The summed E-state index contributed by atoms with van der Waals surface area (Å²) in [5, 5.41) is 12.5. The van der Waals surface area contributed by atoms with Gasteiger partial charge in [0.2, 0.25) is 0 Å². The molecule has 0 bridgehead atoms. The number of aliphatic hydroxyl groups is 1. The van der Waals surface area contributed by atoms with Crippen LogP contribution in [0.1, 0.15) is 25.8 Å². The summed E-state index contributed by atoms with van der Waals surface area (Å²) >= 11 is 7.62. The number of nitrogens with zero attached hydrogens (tertiary/aromatic N) is 2. The number of rotatable bonds is 9. The van der Waals surface area contributed by atoms with Crippen LogP contribution in [0.2, 0.25) is 0 Å². The molecule has 166 valence electrons. The Morgan fingerprint density at radius 2 is 1.97 bits per heavy atom. The van der Waals surface area contributed by atoms with Crippen LogP contribution >= 0.6 is 23.4 Å². The molecule has 1 aliphatic rings. The fourth-order valence-corrected chi connectivity index (χ4v) is 5.32. The van der Waals surface area contributed by atoms with Crippen LogP contribution in [0.15, 0.2) is 64.2 Å². The van der Waals surface area contributed by atoms with E-state index in [0.29, 0.717) is 28.7 Å². The number of alkyl halides is 1. The molecule has 7 nitrogen and oxygen atoms in total. The number of hydrogen-bond donors (Lipinski definition) is 3. The van der Waals surface area contributed by atoms with Crippen molar-refractivity contribution in [2.75, 3.05) is 16.6 Å². The van der Waals surface area contributed by atoms with Crippen LogP contribution in [0.4, 0.5) is 11.6 Å². The zero-order valence-corrected chi connectivity index (χ0v) is 19.6. The lowest BCUT2D eigenvalue weighted by Crippen LogP contribution is -2.22. The van der Waals surface area contributed by atoms with Crippen molar-refractivity contribution in [2.24, 2.45) is 0 Å². The maximum absolute atomic E-state index is 13.0. The zero-order valence-electron chi connectivity index (χ0n) is 17.2. The molecule has 3 rings (SSSR count). The highest BCUT2D eigenvalue weighted by Gasteiger charge is 2.25. The van der Waals surface area contributed by atoms with E-state index in [-0.39, 0.29) is 28.7 Å². The lowest BCUT2D eigenvalue weighted by atomic mass is 10.1.